The van der Waals surface area contributed by atoms with Crippen molar-refractivity contribution in [2.75, 3.05) is 0 Å². The van der Waals surface area contributed by atoms with Crippen molar-refractivity contribution in [3.05, 3.63) is 35.9 Å². The summed E-state index contributed by atoms with van der Waals surface area (Å²) in [6.07, 6.45) is 1.05. The Morgan fingerprint density at radius 2 is 1.57 bits per heavy atom. The van der Waals surface area contributed by atoms with E-state index >= 15 is 0 Å². The molecule has 6 heteroatoms. The molecule has 0 bridgehead atoms. The average Bonchev–Trinajstić information content (AvgIpc) is 2.46. The lowest BCUT2D eigenvalue weighted by Crippen LogP contribution is -2.74. The molecule has 0 amide bonds. The van der Waals surface area contributed by atoms with Gasteiger partial charge in [-0.05, 0) is 37.2 Å². The van der Waals surface area contributed by atoms with Gasteiger partial charge >= 0.3 is 11.9 Å². The summed E-state index contributed by atoms with van der Waals surface area (Å²) >= 11 is 0. The fourth-order valence-corrected chi connectivity index (χ4v) is 2.84. The highest BCUT2D eigenvalue weighted by atomic mass is 16.4. The molecule has 0 radical (unpaired) electrons. The van der Waals surface area contributed by atoms with Crippen LogP contribution in [-0.4, -0.2) is 33.2 Å². The van der Waals surface area contributed by atoms with Gasteiger partial charge in [-0.3, -0.25) is 9.59 Å². The molecule has 6 N–H and O–H groups in total. The molecule has 1 rings (SSSR count). The molecule has 0 fully saturated rings. The number of nitrogens with two attached hydrogens (primary N) is 2. The summed E-state index contributed by atoms with van der Waals surface area (Å²) in [5.41, 5.74) is 9.04. The molecule has 1 aromatic rings. The molecule has 0 aliphatic carbocycles. The molecule has 0 spiro atoms. The molecule has 6 nitrogen and oxygen atoms in total. The van der Waals surface area contributed by atoms with Crippen LogP contribution in [0.4, 0.5) is 0 Å². The Morgan fingerprint density at radius 3 is 2.00 bits per heavy atom. The van der Waals surface area contributed by atoms with Crippen LogP contribution in [0.1, 0.15) is 38.7 Å². The first-order valence-corrected chi connectivity index (χ1v) is 7.72. The van der Waals surface area contributed by atoms with Gasteiger partial charge < -0.3 is 21.7 Å². The summed E-state index contributed by atoms with van der Waals surface area (Å²) in [4.78, 5) is 23.4. The van der Waals surface area contributed by atoms with Crippen molar-refractivity contribution in [3.63, 3.8) is 0 Å². The zero-order valence-corrected chi connectivity index (χ0v) is 13.7. The number of hydrogen-bond donors (Lipinski definition) is 4. The molecule has 0 aliphatic rings. The van der Waals surface area contributed by atoms with E-state index in [0.717, 1.165) is 5.56 Å². The summed E-state index contributed by atoms with van der Waals surface area (Å²) in [7, 11) is 0. The lowest BCUT2D eigenvalue weighted by atomic mass is 9.70. The molecule has 128 valence electrons. The van der Waals surface area contributed by atoms with Crippen molar-refractivity contribution in [1.82, 2.24) is 0 Å². The van der Waals surface area contributed by atoms with E-state index in [0.29, 0.717) is 12.8 Å². The van der Waals surface area contributed by atoms with Crippen LogP contribution in [0.25, 0.3) is 0 Å². The third-order valence-electron chi connectivity index (χ3n) is 4.17. The third kappa shape index (κ3) is 4.30. The monoisotopic (exact) mass is 322 g/mol. The number of hydrogen-bond acceptors (Lipinski definition) is 4. The highest BCUT2D eigenvalue weighted by Gasteiger charge is 2.56. The molecule has 2 atom stereocenters. The predicted octanol–water partition coefficient (Wildman–Crippen LogP) is 1.62. The van der Waals surface area contributed by atoms with Crippen LogP contribution in [0, 0.1) is 5.92 Å². The van der Waals surface area contributed by atoms with E-state index in [4.69, 9.17) is 11.5 Å². The SMILES string of the molecule is CC(C)CC(N)(C(=O)O)C(N)(CCCc1ccccc1)C(=O)O. The van der Waals surface area contributed by atoms with E-state index in [2.05, 4.69) is 0 Å². The van der Waals surface area contributed by atoms with Gasteiger partial charge in [-0.25, -0.2) is 0 Å². The van der Waals surface area contributed by atoms with Gasteiger partial charge in [-0.15, -0.1) is 0 Å². The van der Waals surface area contributed by atoms with E-state index < -0.39 is 23.0 Å². The average molecular weight is 322 g/mol. The summed E-state index contributed by atoms with van der Waals surface area (Å²) < 4.78 is 0. The topological polar surface area (TPSA) is 127 Å². The largest absolute Gasteiger partial charge is 0.480 e. The minimum absolute atomic E-state index is 0.00350. The number of aliphatic carboxylic acids is 2. The van der Waals surface area contributed by atoms with Gasteiger partial charge in [-0.1, -0.05) is 44.2 Å². The maximum Gasteiger partial charge on any atom is 0.326 e. The van der Waals surface area contributed by atoms with E-state index in [1.807, 2.05) is 30.3 Å². The van der Waals surface area contributed by atoms with Crippen LogP contribution in [0.2, 0.25) is 0 Å². The van der Waals surface area contributed by atoms with Crippen molar-refractivity contribution in [2.24, 2.45) is 17.4 Å². The third-order valence-corrected chi connectivity index (χ3v) is 4.17. The van der Waals surface area contributed by atoms with Crippen molar-refractivity contribution >= 4 is 11.9 Å². The van der Waals surface area contributed by atoms with Crippen LogP contribution in [0.5, 0.6) is 0 Å². The normalized spacial score (nSPS) is 16.6. The Labute approximate surface area is 136 Å². The van der Waals surface area contributed by atoms with Gasteiger partial charge in [0.2, 0.25) is 0 Å². The maximum absolute atomic E-state index is 11.7. The molecular weight excluding hydrogens is 296 g/mol. The van der Waals surface area contributed by atoms with Gasteiger partial charge in [0.15, 0.2) is 0 Å². The number of aryl methyl sites for hydroxylation is 1. The number of carboxylic acid groups (broad SMARTS) is 2. The second-order valence-electron chi connectivity index (χ2n) is 6.49. The minimum Gasteiger partial charge on any atom is -0.480 e. The van der Waals surface area contributed by atoms with Crippen LogP contribution in [-0.2, 0) is 16.0 Å². The number of rotatable bonds is 9. The number of benzene rings is 1. The molecule has 1 aromatic carbocycles. The standard InChI is InChI=1S/C17H26N2O4/c1-12(2)11-17(19,15(22)23)16(18,14(20)21)10-6-9-13-7-4-3-5-8-13/h3-5,7-8,12H,6,9-11,18-19H2,1-2H3,(H,20,21)(H,22,23). The van der Waals surface area contributed by atoms with Gasteiger partial charge in [0, 0.05) is 0 Å². The Bertz CT molecular complexity index is 547. The maximum atomic E-state index is 11.7. The Morgan fingerprint density at radius 1 is 1.04 bits per heavy atom. The zero-order chi connectivity index (χ0) is 17.7. The lowest BCUT2D eigenvalue weighted by Gasteiger charge is -2.40. The van der Waals surface area contributed by atoms with Crippen LogP contribution < -0.4 is 11.5 Å². The smallest absolute Gasteiger partial charge is 0.326 e. The zero-order valence-electron chi connectivity index (χ0n) is 13.7. The predicted molar refractivity (Wildman–Crippen MR) is 87.9 cm³/mol. The van der Waals surface area contributed by atoms with Gasteiger partial charge in [0.25, 0.3) is 0 Å². The first-order valence-electron chi connectivity index (χ1n) is 7.72. The van der Waals surface area contributed by atoms with E-state index in [1.165, 1.54) is 0 Å². The van der Waals surface area contributed by atoms with Crippen LogP contribution in [0.15, 0.2) is 30.3 Å². The molecule has 0 saturated carbocycles. The second-order valence-corrected chi connectivity index (χ2v) is 6.49. The van der Waals surface area contributed by atoms with E-state index in [9.17, 15) is 19.8 Å². The van der Waals surface area contributed by atoms with E-state index in [1.54, 1.807) is 13.8 Å². The molecule has 0 aromatic heterocycles. The number of carboxylic acids is 2. The van der Waals surface area contributed by atoms with Crippen molar-refractivity contribution < 1.29 is 19.8 Å². The molecular formula is C17H26N2O4. The Kier molecular flexibility index (Phi) is 6.29. The molecule has 23 heavy (non-hydrogen) atoms. The fourth-order valence-electron chi connectivity index (χ4n) is 2.84. The van der Waals surface area contributed by atoms with Gasteiger partial charge in [0.05, 0.1) is 0 Å². The van der Waals surface area contributed by atoms with Gasteiger partial charge in [-0.2, -0.15) is 0 Å². The Balaban J connectivity index is 2.96. The Hall–Kier alpha value is -1.92. The first kappa shape index (κ1) is 19.1. The van der Waals surface area contributed by atoms with Crippen LogP contribution in [0.3, 0.4) is 0 Å². The van der Waals surface area contributed by atoms with Gasteiger partial charge in [0.1, 0.15) is 11.1 Å². The molecule has 0 saturated heterocycles. The summed E-state index contributed by atoms with van der Waals surface area (Å²) in [6.45, 7) is 3.58. The summed E-state index contributed by atoms with van der Waals surface area (Å²) in [5.74, 6) is -2.85. The summed E-state index contributed by atoms with van der Waals surface area (Å²) in [5, 5.41) is 19.1. The second kappa shape index (κ2) is 7.57. The quantitative estimate of drug-likeness (QED) is 0.547. The molecule has 0 aliphatic heterocycles. The lowest BCUT2D eigenvalue weighted by molar-refractivity contribution is -0.159. The minimum atomic E-state index is -2.02. The summed E-state index contributed by atoms with van der Waals surface area (Å²) in [6, 6.07) is 9.54. The van der Waals surface area contributed by atoms with Crippen molar-refractivity contribution in [3.8, 4) is 0 Å². The van der Waals surface area contributed by atoms with Crippen LogP contribution >= 0.6 is 0 Å². The van der Waals surface area contributed by atoms with E-state index in [-0.39, 0.29) is 18.8 Å². The first-order chi connectivity index (χ1) is 10.6. The fraction of sp³-hybridized carbons (Fsp3) is 0.529. The number of carbonyl (C=O) groups is 2. The molecule has 0 heterocycles. The van der Waals surface area contributed by atoms with Crippen molar-refractivity contribution in [1.29, 1.82) is 0 Å². The molecule has 2 unspecified atom stereocenters. The highest BCUT2D eigenvalue weighted by molar-refractivity contribution is 5.92. The highest BCUT2D eigenvalue weighted by Crippen LogP contribution is 2.30. The van der Waals surface area contributed by atoms with Crippen molar-refractivity contribution in [2.45, 2.75) is 50.6 Å².